The monoisotopic (exact) mass is 544 g/mol. The third-order valence-corrected chi connectivity index (χ3v) is 7.59. The van der Waals surface area contributed by atoms with E-state index in [1.54, 1.807) is 24.4 Å². The number of nitrogens with zero attached hydrogens (tertiary/aromatic N) is 4. The van der Waals surface area contributed by atoms with Gasteiger partial charge in [0.25, 0.3) is 6.43 Å². The van der Waals surface area contributed by atoms with Gasteiger partial charge in [-0.25, -0.2) is 32.2 Å². The first-order valence-electron chi connectivity index (χ1n) is 11.9. The third-order valence-electron chi connectivity index (χ3n) is 6.30. The maximum Gasteiger partial charge on any atom is 0.295 e. The quantitative estimate of drug-likeness (QED) is 0.243. The Labute approximate surface area is 217 Å². The van der Waals surface area contributed by atoms with E-state index < -0.39 is 22.3 Å². The summed E-state index contributed by atoms with van der Waals surface area (Å²) in [7, 11) is -1.82. The van der Waals surface area contributed by atoms with E-state index in [1.165, 1.54) is 13.0 Å². The van der Waals surface area contributed by atoms with Gasteiger partial charge in [-0.2, -0.15) is 0 Å². The largest absolute Gasteiger partial charge is 0.352 e. The minimum absolute atomic E-state index is 0.0211. The van der Waals surface area contributed by atoms with Crippen LogP contribution in [-0.2, 0) is 21.9 Å². The first-order valence-corrected chi connectivity index (χ1v) is 13.6. The molecule has 1 aliphatic rings. The second kappa shape index (κ2) is 9.67. The SMILES string of the molecule is CCS(=O)(=O)Nc1cc(-c2ncc(C)n2C)ccc1Nc1cc(NC(=O)C2CC2)nc2nc(C(F)F)[nH]c12. The van der Waals surface area contributed by atoms with E-state index in [-0.39, 0.29) is 45.9 Å². The highest BCUT2D eigenvalue weighted by atomic mass is 32.2. The number of aromatic amines is 1. The minimum Gasteiger partial charge on any atom is -0.352 e. The van der Waals surface area contributed by atoms with Crippen LogP contribution in [0, 0.1) is 12.8 Å². The van der Waals surface area contributed by atoms with Crippen LogP contribution in [0.1, 0.15) is 37.7 Å². The van der Waals surface area contributed by atoms with Crippen molar-refractivity contribution in [2.24, 2.45) is 13.0 Å². The van der Waals surface area contributed by atoms with Crippen LogP contribution in [0.3, 0.4) is 0 Å². The van der Waals surface area contributed by atoms with E-state index in [9.17, 15) is 22.0 Å². The molecule has 0 aliphatic heterocycles. The molecule has 1 aliphatic carbocycles. The summed E-state index contributed by atoms with van der Waals surface area (Å²) in [5.41, 5.74) is 2.60. The molecule has 0 bridgehead atoms. The van der Waals surface area contributed by atoms with Gasteiger partial charge in [-0.05, 0) is 44.9 Å². The molecule has 3 aromatic heterocycles. The van der Waals surface area contributed by atoms with Gasteiger partial charge in [0.15, 0.2) is 11.5 Å². The highest BCUT2D eigenvalue weighted by Crippen LogP contribution is 2.36. The van der Waals surface area contributed by atoms with Crippen molar-refractivity contribution in [1.82, 2.24) is 24.5 Å². The van der Waals surface area contributed by atoms with E-state index in [4.69, 9.17) is 0 Å². The maximum atomic E-state index is 13.4. The Bertz CT molecular complexity index is 1640. The second-order valence-corrected chi connectivity index (χ2v) is 11.1. The Hall–Kier alpha value is -4.07. The van der Waals surface area contributed by atoms with E-state index in [0.717, 1.165) is 18.5 Å². The van der Waals surface area contributed by atoms with Crippen molar-refractivity contribution >= 4 is 50.0 Å². The van der Waals surface area contributed by atoms with Crippen LogP contribution in [0.5, 0.6) is 0 Å². The molecule has 1 saturated carbocycles. The summed E-state index contributed by atoms with van der Waals surface area (Å²) in [6.45, 7) is 3.42. The lowest BCUT2D eigenvalue weighted by Gasteiger charge is -2.16. The fraction of sp³-hybridized carbons (Fsp3) is 0.333. The number of fused-ring (bicyclic) bond motifs is 1. The fourth-order valence-corrected chi connectivity index (χ4v) is 4.52. The number of benzene rings is 1. The summed E-state index contributed by atoms with van der Waals surface area (Å²) in [5, 5.41) is 5.82. The molecule has 0 saturated heterocycles. The number of carbonyl (C=O) groups excluding carboxylic acids is 1. The number of alkyl halides is 2. The number of amides is 1. The number of imidazole rings is 2. The van der Waals surface area contributed by atoms with Gasteiger partial charge < -0.3 is 20.2 Å². The predicted octanol–water partition coefficient (Wildman–Crippen LogP) is 4.46. The molecule has 0 spiro atoms. The van der Waals surface area contributed by atoms with Gasteiger partial charge in [0.2, 0.25) is 15.9 Å². The number of carbonyl (C=O) groups is 1. The van der Waals surface area contributed by atoms with Crippen molar-refractivity contribution in [1.29, 1.82) is 0 Å². The van der Waals surface area contributed by atoms with Crippen LogP contribution in [0.25, 0.3) is 22.6 Å². The van der Waals surface area contributed by atoms with Gasteiger partial charge in [0.05, 0.1) is 22.8 Å². The van der Waals surface area contributed by atoms with E-state index >= 15 is 0 Å². The smallest absolute Gasteiger partial charge is 0.295 e. The molecule has 4 aromatic rings. The van der Waals surface area contributed by atoms with Gasteiger partial charge in [0, 0.05) is 36.5 Å². The van der Waals surface area contributed by atoms with Gasteiger partial charge in [0.1, 0.15) is 17.2 Å². The zero-order chi connectivity index (χ0) is 27.2. The number of hydrogen-bond acceptors (Lipinski definition) is 7. The third kappa shape index (κ3) is 5.16. The molecule has 38 heavy (non-hydrogen) atoms. The summed E-state index contributed by atoms with van der Waals surface area (Å²) >= 11 is 0. The Morgan fingerprint density at radius 1 is 1.18 bits per heavy atom. The molecule has 14 heteroatoms. The molecular formula is C24H26F2N8O3S. The van der Waals surface area contributed by atoms with Crippen molar-refractivity contribution in [2.45, 2.75) is 33.1 Å². The molecule has 4 N–H and O–H groups in total. The number of anilines is 4. The molecule has 1 aromatic carbocycles. The summed E-state index contributed by atoms with van der Waals surface area (Å²) in [6.07, 6.45) is 0.398. The van der Waals surface area contributed by atoms with Crippen molar-refractivity contribution in [3.8, 4) is 11.4 Å². The number of pyridine rings is 1. The van der Waals surface area contributed by atoms with Crippen LogP contribution in [0.2, 0.25) is 0 Å². The van der Waals surface area contributed by atoms with Crippen LogP contribution in [-0.4, -0.2) is 44.6 Å². The second-order valence-electron chi connectivity index (χ2n) is 9.11. The Morgan fingerprint density at radius 2 is 1.95 bits per heavy atom. The summed E-state index contributed by atoms with van der Waals surface area (Å²) in [6, 6.07) is 6.55. The highest BCUT2D eigenvalue weighted by Gasteiger charge is 2.30. The number of rotatable bonds is 9. The zero-order valence-corrected chi connectivity index (χ0v) is 21.7. The molecule has 0 atom stereocenters. The van der Waals surface area contributed by atoms with E-state index in [0.29, 0.717) is 17.1 Å². The van der Waals surface area contributed by atoms with Gasteiger partial charge >= 0.3 is 0 Å². The first kappa shape index (κ1) is 25.6. The molecule has 11 nitrogen and oxygen atoms in total. The van der Waals surface area contributed by atoms with Crippen LogP contribution in [0.15, 0.2) is 30.5 Å². The summed E-state index contributed by atoms with van der Waals surface area (Å²) < 4.78 is 56.3. The molecule has 3 heterocycles. The number of halogens is 2. The lowest BCUT2D eigenvalue weighted by Crippen LogP contribution is -2.16. The first-order chi connectivity index (χ1) is 18.0. The minimum atomic E-state index is -3.67. The fourth-order valence-electron chi connectivity index (χ4n) is 3.87. The topological polar surface area (TPSA) is 147 Å². The van der Waals surface area contributed by atoms with Gasteiger partial charge in [-0.15, -0.1) is 0 Å². The molecule has 200 valence electrons. The van der Waals surface area contributed by atoms with Crippen molar-refractivity contribution in [3.05, 3.63) is 42.0 Å². The summed E-state index contributed by atoms with van der Waals surface area (Å²) in [5.74, 6) is -0.269. The maximum absolute atomic E-state index is 13.4. The van der Waals surface area contributed by atoms with Gasteiger partial charge in [-0.3, -0.25) is 9.52 Å². The lowest BCUT2D eigenvalue weighted by atomic mass is 10.1. The van der Waals surface area contributed by atoms with Crippen molar-refractivity contribution in [2.75, 3.05) is 21.1 Å². The van der Waals surface area contributed by atoms with Gasteiger partial charge in [-0.1, -0.05) is 0 Å². The van der Waals surface area contributed by atoms with Crippen molar-refractivity contribution in [3.63, 3.8) is 0 Å². The average molecular weight is 545 g/mol. The Morgan fingerprint density at radius 3 is 2.58 bits per heavy atom. The molecule has 0 radical (unpaired) electrons. The Balaban J connectivity index is 1.59. The van der Waals surface area contributed by atoms with Crippen LogP contribution < -0.4 is 15.4 Å². The average Bonchev–Trinajstić information content (AvgIpc) is 3.55. The number of nitrogens with one attached hydrogen (secondary N) is 4. The molecule has 1 amide bonds. The normalized spacial score (nSPS) is 13.7. The van der Waals surface area contributed by atoms with E-state index in [1.807, 2.05) is 18.5 Å². The molecule has 1 fully saturated rings. The summed E-state index contributed by atoms with van der Waals surface area (Å²) in [4.78, 5) is 27.4. The Kier molecular flexibility index (Phi) is 6.51. The van der Waals surface area contributed by atoms with Crippen molar-refractivity contribution < 1.29 is 22.0 Å². The van der Waals surface area contributed by atoms with E-state index in [2.05, 4.69) is 35.3 Å². The zero-order valence-electron chi connectivity index (χ0n) is 20.8. The molecule has 5 rings (SSSR count). The number of aromatic nitrogens is 5. The predicted molar refractivity (Wildman–Crippen MR) is 140 cm³/mol. The number of sulfonamides is 1. The van der Waals surface area contributed by atoms with Crippen LogP contribution in [0.4, 0.5) is 31.7 Å². The molecule has 0 unspecified atom stereocenters. The standard InChI is InChI=1S/C24H26F2N8O3S/c1-4-38(36,37)33-16-9-14(23-27-11-12(2)34(23)3)7-8-15(16)28-17-10-18(30-24(35)13-5-6-13)29-21-19(17)31-22(32-21)20(25)26/h7-11,13,20,33H,4-6H2,1-3H3,(H3,28,29,30,31,32,35). The lowest BCUT2D eigenvalue weighted by molar-refractivity contribution is -0.117. The van der Waals surface area contributed by atoms with Crippen LogP contribution >= 0.6 is 0 Å². The molecular weight excluding hydrogens is 518 g/mol. The number of aryl methyl sites for hydroxylation is 1. The highest BCUT2D eigenvalue weighted by molar-refractivity contribution is 7.92. The number of hydrogen-bond donors (Lipinski definition) is 4. The number of H-pyrrole nitrogens is 1.